The Hall–Kier alpha value is -0.630. The zero-order chi connectivity index (χ0) is 9.56. The van der Waals surface area contributed by atoms with Crippen molar-refractivity contribution in [1.29, 1.82) is 0 Å². The lowest BCUT2D eigenvalue weighted by Crippen LogP contribution is -1.83. The highest BCUT2D eigenvalue weighted by atomic mass is 35.5. The molecule has 0 bridgehead atoms. The molecular formula is C9H13ClFN. The van der Waals surface area contributed by atoms with Crippen LogP contribution in [0.2, 0.25) is 5.02 Å². The summed E-state index contributed by atoms with van der Waals surface area (Å²) in [6, 6.07) is 1.53. The molecule has 1 rings (SSSR count). The summed E-state index contributed by atoms with van der Waals surface area (Å²) in [4.78, 5) is 3.38. The smallest absolute Gasteiger partial charge is 0.227 e. The first kappa shape index (κ1) is 11.4. The molecule has 0 atom stereocenters. The van der Waals surface area contributed by atoms with E-state index in [1.807, 2.05) is 0 Å². The third-order valence-corrected chi connectivity index (χ3v) is 1.20. The summed E-state index contributed by atoms with van der Waals surface area (Å²) in [6.45, 7) is 6.05. The number of hydrogen-bond acceptors (Lipinski definition) is 1. The van der Waals surface area contributed by atoms with Crippen LogP contribution >= 0.6 is 11.6 Å². The summed E-state index contributed by atoms with van der Waals surface area (Å²) in [6.07, 6.45) is 2.68. The molecule has 0 saturated heterocycles. The van der Waals surface area contributed by atoms with Gasteiger partial charge in [0.15, 0.2) is 0 Å². The van der Waals surface area contributed by atoms with Crippen molar-refractivity contribution in [1.82, 2.24) is 4.98 Å². The fourth-order valence-corrected chi connectivity index (χ4v) is 0.738. The van der Waals surface area contributed by atoms with E-state index in [9.17, 15) is 4.39 Å². The molecule has 0 aliphatic rings. The Morgan fingerprint density at radius 2 is 2.00 bits per heavy atom. The number of aromatic nitrogens is 1. The van der Waals surface area contributed by atoms with Gasteiger partial charge in [0.25, 0.3) is 0 Å². The molecule has 0 aromatic carbocycles. The largest absolute Gasteiger partial charge is 0.231 e. The highest BCUT2D eigenvalue weighted by Crippen LogP contribution is 2.11. The molecule has 0 aliphatic heterocycles. The molecular weight excluding hydrogens is 177 g/mol. The highest BCUT2D eigenvalue weighted by molar-refractivity contribution is 6.30. The molecule has 0 amide bonds. The van der Waals surface area contributed by atoms with Crippen LogP contribution in [0, 0.1) is 12.9 Å². The SMILES string of the molecule is CCC.Cc1cnc(F)c(Cl)c1. The predicted octanol–water partition coefficient (Wildman–Crippen LogP) is 3.60. The van der Waals surface area contributed by atoms with E-state index >= 15 is 0 Å². The minimum Gasteiger partial charge on any atom is -0.227 e. The van der Waals surface area contributed by atoms with Crippen molar-refractivity contribution in [3.63, 3.8) is 0 Å². The van der Waals surface area contributed by atoms with Crippen molar-refractivity contribution < 1.29 is 4.39 Å². The van der Waals surface area contributed by atoms with Crippen LogP contribution in [0.15, 0.2) is 12.3 Å². The van der Waals surface area contributed by atoms with Gasteiger partial charge < -0.3 is 0 Å². The lowest BCUT2D eigenvalue weighted by molar-refractivity contribution is 0.583. The summed E-state index contributed by atoms with van der Waals surface area (Å²) < 4.78 is 12.3. The van der Waals surface area contributed by atoms with Crippen LogP contribution < -0.4 is 0 Å². The molecule has 1 aromatic rings. The van der Waals surface area contributed by atoms with Crippen molar-refractivity contribution in [2.45, 2.75) is 27.2 Å². The van der Waals surface area contributed by atoms with E-state index < -0.39 is 5.95 Å². The van der Waals surface area contributed by atoms with E-state index in [1.165, 1.54) is 18.7 Å². The van der Waals surface area contributed by atoms with Gasteiger partial charge in [-0.05, 0) is 18.6 Å². The van der Waals surface area contributed by atoms with Crippen LogP contribution in [-0.4, -0.2) is 4.98 Å². The number of aryl methyl sites for hydroxylation is 1. The number of halogens is 2. The van der Waals surface area contributed by atoms with E-state index in [0.717, 1.165) is 5.56 Å². The third kappa shape index (κ3) is 4.29. The average Bonchev–Trinajstić information content (AvgIpc) is 1.99. The van der Waals surface area contributed by atoms with Gasteiger partial charge in [0.05, 0.1) is 5.02 Å². The lowest BCUT2D eigenvalue weighted by atomic mass is 10.3. The van der Waals surface area contributed by atoms with Gasteiger partial charge in [-0.3, -0.25) is 0 Å². The second-order valence-corrected chi connectivity index (χ2v) is 2.90. The minimum absolute atomic E-state index is 0.0787. The van der Waals surface area contributed by atoms with Crippen LogP contribution in [0.1, 0.15) is 25.8 Å². The molecule has 0 aliphatic carbocycles. The van der Waals surface area contributed by atoms with Crippen LogP contribution in [0.5, 0.6) is 0 Å². The van der Waals surface area contributed by atoms with Crippen molar-refractivity contribution in [2.24, 2.45) is 0 Å². The number of hydrogen-bond donors (Lipinski definition) is 0. The first-order valence-electron chi connectivity index (χ1n) is 3.89. The predicted molar refractivity (Wildman–Crippen MR) is 49.9 cm³/mol. The Morgan fingerprint density at radius 3 is 2.33 bits per heavy atom. The maximum atomic E-state index is 12.3. The second kappa shape index (κ2) is 5.95. The molecule has 3 heteroatoms. The molecule has 0 radical (unpaired) electrons. The highest BCUT2D eigenvalue weighted by Gasteiger charge is 1.97. The Kier molecular flexibility index (Phi) is 5.64. The molecule has 68 valence electrons. The summed E-state index contributed by atoms with van der Waals surface area (Å²) in [7, 11) is 0. The Morgan fingerprint density at radius 1 is 1.50 bits per heavy atom. The van der Waals surface area contributed by atoms with Gasteiger partial charge in [0.2, 0.25) is 5.95 Å². The van der Waals surface area contributed by atoms with Crippen molar-refractivity contribution >= 4 is 11.6 Å². The van der Waals surface area contributed by atoms with E-state index in [-0.39, 0.29) is 5.02 Å². The monoisotopic (exact) mass is 189 g/mol. The number of pyridine rings is 1. The molecule has 12 heavy (non-hydrogen) atoms. The molecule has 0 fully saturated rings. The molecule has 0 unspecified atom stereocenters. The fourth-order valence-electron chi connectivity index (χ4n) is 0.517. The van der Waals surface area contributed by atoms with Gasteiger partial charge in [-0.2, -0.15) is 4.39 Å². The molecule has 0 spiro atoms. The van der Waals surface area contributed by atoms with Crippen LogP contribution in [-0.2, 0) is 0 Å². The Bertz CT molecular complexity index is 238. The summed E-state index contributed by atoms with van der Waals surface area (Å²) >= 11 is 5.38. The summed E-state index contributed by atoms with van der Waals surface area (Å²) in [5, 5.41) is 0.0787. The third-order valence-electron chi connectivity index (χ3n) is 0.933. The van der Waals surface area contributed by atoms with Crippen LogP contribution in [0.4, 0.5) is 4.39 Å². The fraction of sp³-hybridized carbons (Fsp3) is 0.444. The zero-order valence-corrected chi connectivity index (χ0v) is 8.32. The van der Waals surface area contributed by atoms with Crippen molar-refractivity contribution in [3.05, 3.63) is 28.8 Å². The van der Waals surface area contributed by atoms with Gasteiger partial charge in [0.1, 0.15) is 0 Å². The zero-order valence-electron chi connectivity index (χ0n) is 7.56. The quantitative estimate of drug-likeness (QED) is 0.569. The molecule has 1 heterocycles. The average molecular weight is 190 g/mol. The van der Waals surface area contributed by atoms with E-state index in [1.54, 1.807) is 6.92 Å². The van der Waals surface area contributed by atoms with Crippen LogP contribution in [0.3, 0.4) is 0 Å². The molecule has 0 N–H and O–H groups in total. The number of nitrogens with zero attached hydrogens (tertiary/aromatic N) is 1. The molecule has 1 nitrogen and oxygen atoms in total. The van der Waals surface area contributed by atoms with Gasteiger partial charge in [-0.15, -0.1) is 0 Å². The molecule has 1 aromatic heterocycles. The Labute approximate surface area is 77.6 Å². The van der Waals surface area contributed by atoms with Gasteiger partial charge in [0, 0.05) is 6.20 Å². The lowest BCUT2D eigenvalue weighted by Gasteiger charge is -1.92. The van der Waals surface area contributed by atoms with Crippen molar-refractivity contribution in [2.75, 3.05) is 0 Å². The van der Waals surface area contributed by atoms with Gasteiger partial charge >= 0.3 is 0 Å². The van der Waals surface area contributed by atoms with E-state index in [2.05, 4.69) is 18.8 Å². The maximum absolute atomic E-state index is 12.3. The molecule has 0 saturated carbocycles. The maximum Gasteiger partial charge on any atom is 0.231 e. The van der Waals surface area contributed by atoms with E-state index in [0.29, 0.717) is 0 Å². The summed E-state index contributed by atoms with van der Waals surface area (Å²) in [5.41, 5.74) is 0.862. The van der Waals surface area contributed by atoms with Crippen molar-refractivity contribution in [3.8, 4) is 0 Å². The van der Waals surface area contributed by atoms with Crippen LogP contribution in [0.25, 0.3) is 0 Å². The summed E-state index contributed by atoms with van der Waals surface area (Å²) in [5.74, 6) is -0.609. The minimum atomic E-state index is -0.609. The number of rotatable bonds is 0. The topological polar surface area (TPSA) is 12.9 Å². The normalized spacial score (nSPS) is 8.75. The Balaban J connectivity index is 0.000000354. The van der Waals surface area contributed by atoms with Gasteiger partial charge in [-0.1, -0.05) is 31.9 Å². The second-order valence-electron chi connectivity index (χ2n) is 2.49. The standard InChI is InChI=1S/C6H5ClFN.C3H8/c1-4-2-5(7)6(8)9-3-4;1-3-2/h2-3H,1H3;3H2,1-2H3. The van der Waals surface area contributed by atoms with Gasteiger partial charge in [-0.25, -0.2) is 4.98 Å². The first-order valence-corrected chi connectivity index (χ1v) is 4.27. The first-order chi connectivity index (χ1) is 5.61. The van der Waals surface area contributed by atoms with E-state index in [4.69, 9.17) is 11.6 Å².